The molecule has 0 radical (unpaired) electrons. The lowest BCUT2D eigenvalue weighted by molar-refractivity contribution is 0.0938. The predicted octanol–water partition coefficient (Wildman–Crippen LogP) is 2.91. The van der Waals surface area contributed by atoms with Crippen molar-refractivity contribution < 1.29 is 9.21 Å². The van der Waals surface area contributed by atoms with Gasteiger partial charge in [0.2, 0.25) is 0 Å². The lowest BCUT2D eigenvalue weighted by Gasteiger charge is -2.13. The molecule has 0 aliphatic heterocycles. The van der Waals surface area contributed by atoms with Gasteiger partial charge < -0.3 is 15.5 Å². The molecule has 0 spiro atoms. The van der Waals surface area contributed by atoms with Gasteiger partial charge in [0, 0.05) is 6.04 Å². The number of nitrogens with two attached hydrogens (primary N) is 1. The summed E-state index contributed by atoms with van der Waals surface area (Å²) in [6.45, 7) is 2.31. The number of benzene rings is 1. The Balaban J connectivity index is 0.00000220. The third kappa shape index (κ3) is 5.25. The van der Waals surface area contributed by atoms with Crippen LogP contribution in [-0.4, -0.2) is 11.9 Å². The van der Waals surface area contributed by atoms with E-state index >= 15 is 0 Å². The van der Waals surface area contributed by atoms with Gasteiger partial charge in [-0.15, -0.1) is 12.4 Å². The highest BCUT2D eigenvalue weighted by molar-refractivity contribution is 5.94. The second kappa shape index (κ2) is 8.49. The van der Waals surface area contributed by atoms with E-state index in [0.29, 0.717) is 17.9 Å². The molecule has 0 fully saturated rings. The number of halogens is 1. The zero-order chi connectivity index (χ0) is 14.4. The van der Waals surface area contributed by atoms with E-state index in [1.54, 1.807) is 6.07 Å². The fourth-order valence-electron chi connectivity index (χ4n) is 2.01. The number of furan rings is 1. The lowest BCUT2D eigenvalue weighted by atomic mass is 10.1. The summed E-state index contributed by atoms with van der Waals surface area (Å²) in [6.07, 6.45) is 3.29. The lowest BCUT2D eigenvalue weighted by Crippen LogP contribution is -2.32. The summed E-state index contributed by atoms with van der Waals surface area (Å²) >= 11 is 0. The van der Waals surface area contributed by atoms with Gasteiger partial charge in [0.25, 0.3) is 5.91 Å². The summed E-state index contributed by atoms with van der Waals surface area (Å²) in [5.41, 5.74) is 7.26. The van der Waals surface area contributed by atoms with Crippen molar-refractivity contribution in [2.45, 2.75) is 32.4 Å². The SMILES string of the molecule is CC(CCc1ccccc1)NC(=O)c1coc(CN)c1.Cl. The maximum atomic E-state index is 12.0. The van der Waals surface area contributed by atoms with Crippen molar-refractivity contribution in [3.63, 3.8) is 0 Å². The van der Waals surface area contributed by atoms with Gasteiger partial charge in [-0.05, 0) is 31.4 Å². The van der Waals surface area contributed by atoms with E-state index < -0.39 is 0 Å². The number of hydrogen-bond donors (Lipinski definition) is 2. The van der Waals surface area contributed by atoms with Crippen molar-refractivity contribution in [1.82, 2.24) is 5.32 Å². The summed E-state index contributed by atoms with van der Waals surface area (Å²) < 4.78 is 5.16. The minimum Gasteiger partial charge on any atom is -0.467 e. The van der Waals surface area contributed by atoms with E-state index in [4.69, 9.17) is 10.2 Å². The van der Waals surface area contributed by atoms with Crippen molar-refractivity contribution >= 4 is 18.3 Å². The number of hydrogen-bond acceptors (Lipinski definition) is 3. The molecular formula is C16H21ClN2O2. The number of carbonyl (C=O) groups is 1. The van der Waals surface area contributed by atoms with Crippen LogP contribution in [0, 0.1) is 0 Å². The molecule has 21 heavy (non-hydrogen) atoms. The topological polar surface area (TPSA) is 68.3 Å². The Labute approximate surface area is 131 Å². The smallest absolute Gasteiger partial charge is 0.254 e. The van der Waals surface area contributed by atoms with Crippen molar-refractivity contribution in [2.24, 2.45) is 5.73 Å². The molecule has 1 unspecified atom stereocenters. The zero-order valence-electron chi connectivity index (χ0n) is 12.0. The Bertz CT molecular complexity index is 554. The molecule has 3 N–H and O–H groups in total. The number of amides is 1. The van der Waals surface area contributed by atoms with E-state index in [0.717, 1.165) is 12.8 Å². The van der Waals surface area contributed by atoms with Crippen LogP contribution in [0.15, 0.2) is 47.1 Å². The maximum Gasteiger partial charge on any atom is 0.254 e. The van der Waals surface area contributed by atoms with Gasteiger partial charge in [-0.25, -0.2) is 0 Å². The number of rotatable bonds is 6. The average molecular weight is 309 g/mol. The molecule has 0 aliphatic rings. The van der Waals surface area contributed by atoms with E-state index in [2.05, 4.69) is 17.4 Å². The molecule has 2 rings (SSSR count). The first-order chi connectivity index (χ1) is 9.69. The number of nitrogens with one attached hydrogen (secondary N) is 1. The maximum absolute atomic E-state index is 12.0. The van der Waals surface area contributed by atoms with E-state index in [1.807, 2.05) is 25.1 Å². The molecule has 1 aromatic heterocycles. The van der Waals surface area contributed by atoms with Crippen LogP contribution in [0.4, 0.5) is 0 Å². The van der Waals surface area contributed by atoms with Gasteiger partial charge in [0.05, 0.1) is 12.1 Å². The molecule has 2 aromatic rings. The van der Waals surface area contributed by atoms with Gasteiger partial charge >= 0.3 is 0 Å². The predicted molar refractivity (Wildman–Crippen MR) is 85.5 cm³/mol. The van der Waals surface area contributed by atoms with Crippen LogP contribution in [0.1, 0.15) is 35.0 Å². The molecule has 0 aliphatic carbocycles. The summed E-state index contributed by atoms with van der Waals surface area (Å²) in [4.78, 5) is 12.0. The molecule has 4 nitrogen and oxygen atoms in total. The number of aryl methyl sites for hydroxylation is 1. The Hall–Kier alpha value is -1.78. The molecule has 0 bridgehead atoms. The van der Waals surface area contributed by atoms with Crippen LogP contribution in [-0.2, 0) is 13.0 Å². The van der Waals surface area contributed by atoms with Crippen LogP contribution in [0.2, 0.25) is 0 Å². The van der Waals surface area contributed by atoms with Crippen LogP contribution >= 0.6 is 12.4 Å². The molecular weight excluding hydrogens is 288 g/mol. The quantitative estimate of drug-likeness (QED) is 0.862. The van der Waals surface area contributed by atoms with Crippen molar-refractivity contribution in [1.29, 1.82) is 0 Å². The Kier molecular flexibility index (Phi) is 6.99. The summed E-state index contributed by atoms with van der Waals surface area (Å²) in [5.74, 6) is 0.501. The van der Waals surface area contributed by atoms with Gasteiger partial charge in [-0.1, -0.05) is 30.3 Å². The van der Waals surface area contributed by atoms with Crippen molar-refractivity contribution in [3.05, 3.63) is 59.5 Å². The molecule has 5 heteroatoms. The van der Waals surface area contributed by atoms with Crippen LogP contribution in [0.3, 0.4) is 0 Å². The van der Waals surface area contributed by atoms with Crippen LogP contribution in [0.25, 0.3) is 0 Å². The Morgan fingerprint density at radius 2 is 2.05 bits per heavy atom. The Morgan fingerprint density at radius 1 is 1.33 bits per heavy atom. The molecule has 1 heterocycles. The van der Waals surface area contributed by atoms with Gasteiger partial charge in [0.15, 0.2) is 0 Å². The molecule has 0 saturated carbocycles. The van der Waals surface area contributed by atoms with E-state index in [1.165, 1.54) is 11.8 Å². The minimum absolute atomic E-state index is 0. The van der Waals surface area contributed by atoms with E-state index in [-0.39, 0.29) is 24.4 Å². The zero-order valence-corrected chi connectivity index (χ0v) is 12.9. The molecule has 1 aromatic carbocycles. The summed E-state index contributed by atoms with van der Waals surface area (Å²) in [5, 5.41) is 2.96. The van der Waals surface area contributed by atoms with Crippen molar-refractivity contribution in [3.8, 4) is 0 Å². The largest absolute Gasteiger partial charge is 0.467 e. The first-order valence-electron chi connectivity index (χ1n) is 6.81. The fourth-order valence-corrected chi connectivity index (χ4v) is 2.01. The molecule has 1 atom stereocenters. The highest BCUT2D eigenvalue weighted by Crippen LogP contribution is 2.09. The first kappa shape index (κ1) is 17.3. The van der Waals surface area contributed by atoms with Crippen LogP contribution < -0.4 is 11.1 Å². The third-order valence-corrected chi connectivity index (χ3v) is 3.20. The summed E-state index contributed by atoms with van der Waals surface area (Å²) in [7, 11) is 0. The number of carbonyl (C=O) groups excluding carboxylic acids is 1. The molecule has 114 valence electrons. The van der Waals surface area contributed by atoms with Gasteiger partial charge in [-0.2, -0.15) is 0 Å². The van der Waals surface area contributed by atoms with Crippen LogP contribution in [0.5, 0.6) is 0 Å². The fraction of sp³-hybridized carbons (Fsp3) is 0.312. The van der Waals surface area contributed by atoms with Gasteiger partial charge in [-0.3, -0.25) is 4.79 Å². The minimum atomic E-state index is -0.117. The van der Waals surface area contributed by atoms with Crippen molar-refractivity contribution in [2.75, 3.05) is 0 Å². The Morgan fingerprint density at radius 3 is 2.67 bits per heavy atom. The summed E-state index contributed by atoms with van der Waals surface area (Å²) in [6, 6.07) is 12.0. The standard InChI is InChI=1S/C16H20N2O2.ClH/c1-12(7-8-13-5-3-2-4-6-13)18-16(19)14-9-15(10-17)20-11-14;/h2-6,9,11-12H,7-8,10,17H2,1H3,(H,18,19);1H. The van der Waals surface area contributed by atoms with Gasteiger partial charge in [0.1, 0.15) is 12.0 Å². The molecule has 1 amide bonds. The normalized spacial score (nSPS) is 11.5. The second-order valence-electron chi connectivity index (χ2n) is 4.90. The van der Waals surface area contributed by atoms with E-state index in [9.17, 15) is 4.79 Å². The first-order valence-corrected chi connectivity index (χ1v) is 6.81. The highest BCUT2D eigenvalue weighted by Gasteiger charge is 2.12. The monoisotopic (exact) mass is 308 g/mol. The average Bonchev–Trinajstić information content (AvgIpc) is 2.95. The highest BCUT2D eigenvalue weighted by atomic mass is 35.5. The second-order valence-corrected chi connectivity index (χ2v) is 4.90. The third-order valence-electron chi connectivity index (χ3n) is 3.20. The molecule has 0 saturated heterocycles.